The van der Waals surface area contributed by atoms with Crippen LogP contribution >= 0.6 is 22.6 Å². The molecule has 2 fully saturated rings. The highest BCUT2D eigenvalue weighted by Gasteiger charge is 2.59. The van der Waals surface area contributed by atoms with Gasteiger partial charge < -0.3 is 29.0 Å². The summed E-state index contributed by atoms with van der Waals surface area (Å²) >= 11 is 2.05. The highest BCUT2D eigenvalue weighted by Crippen LogP contribution is 2.51. The Morgan fingerprint density at radius 1 is 1.10 bits per heavy atom. The Bertz CT molecular complexity index is 1770. The maximum absolute atomic E-state index is 13.6. The molecule has 3 aliphatic rings. The number of carbonyl (C=O) groups is 3. The van der Waals surface area contributed by atoms with Crippen LogP contribution in [-0.2, 0) is 19.0 Å². The number of carbonyl (C=O) groups excluding carboxylic acids is 3. The predicted molar refractivity (Wildman–Crippen MR) is 185 cm³/mol. The molecule has 0 bridgehead atoms. The smallest absolute Gasteiger partial charge is 0.455 e. The summed E-state index contributed by atoms with van der Waals surface area (Å²) in [5.74, 6) is -2.37. The number of para-hydroxylation sites is 1. The van der Waals surface area contributed by atoms with E-state index >= 15 is 0 Å². The van der Waals surface area contributed by atoms with Gasteiger partial charge in [0.1, 0.15) is 12.4 Å². The second kappa shape index (κ2) is 14.5. The minimum atomic E-state index is -1.20. The minimum Gasteiger partial charge on any atom is -0.504 e. The van der Waals surface area contributed by atoms with E-state index in [0.29, 0.717) is 32.8 Å². The molecule has 13 heteroatoms. The van der Waals surface area contributed by atoms with Gasteiger partial charge in [-0.2, -0.15) is 4.90 Å². The van der Waals surface area contributed by atoms with Crippen LogP contribution in [0.15, 0.2) is 78.0 Å². The molecule has 3 heterocycles. The lowest BCUT2D eigenvalue weighted by Crippen LogP contribution is -2.46. The fourth-order valence-electron chi connectivity index (χ4n) is 7.00. The number of likely N-dealkylation sites (tertiary alicyclic amines) is 1. The SMILES string of the molecule is COC(=O)N1C(=O)[C@@H]2[C@@H](CC(COc3ccccc3)=C3[C@@H](CC/C(=C/c4cc(I)c(O)c(OC)c4)c4ccccn4)OB(O)C[C@@H]32)C1=O. The van der Waals surface area contributed by atoms with E-state index in [9.17, 15) is 24.5 Å². The number of imide groups is 3. The van der Waals surface area contributed by atoms with Crippen LogP contribution in [0.4, 0.5) is 4.79 Å². The van der Waals surface area contributed by atoms with Crippen LogP contribution < -0.4 is 9.47 Å². The van der Waals surface area contributed by atoms with Crippen molar-refractivity contribution in [2.75, 3.05) is 20.8 Å². The van der Waals surface area contributed by atoms with Crippen LogP contribution in [0.1, 0.15) is 30.5 Å². The zero-order chi connectivity index (χ0) is 33.9. The van der Waals surface area contributed by atoms with E-state index < -0.39 is 48.9 Å². The highest BCUT2D eigenvalue weighted by atomic mass is 127. The summed E-state index contributed by atoms with van der Waals surface area (Å²) in [4.78, 5) is 44.8. The first-order chi connectivity index (χ1) is 23.2. The Morgan fingerprint density at radius 2 is 1.88 bits per heavy atom. The molecule has 4 atom stereocenters. The van der Waals surface area contributed by atoms with Gasteiger partial charge in [-0.3, -0.25) is 14.6 Å². The number of amides is 3. The molecule has 2 N–H and O–H groups in total. The lowest BCUT2D eigenvalue weighted by molar-refractivity contribution is -0.137. The van der Waals surface area contributed by atoms with Crippen molar-refractivity contribution in [3.63, 3.8) is 0 Å². The Kier molecular flexibility index (Phi) is 10.2. The summed E-state index contributed by atoms with van der Waals surface area (Å²) in [7, 11) is 1.43. The standard InChI is InChI=1S/C35H34BIN2O9/c1-45-29-16-20(15-26(37)32(29)40)14-21(27-10-6-7-13-38-27)11-12-28-30-22(19-47-23-8-4-3-5-9-23)17-24-31(25(30)18-36(44)48-28)34(42)39(33(24)41)35(43)46-2/h3-10,13-16,24-25,28,31,40,44H,11-12,17-19H2,1-2H3/b21-14-/t24-,25+,28-,31-/m1/s1. The maximum Gasteiger partial charge on any atom is 0.455 e. The number of allylic oxidation sites excluding steroid dienone is 1. The Hall–Kier alpha value is -4.21. The Morgan fingerprint density at radius 3 is 2.58 bits per heavy atom. The van der Waals surface area contributed by atoms with Crippen LogP contribution in [-0.4, -0.2) is 72.0 Å². The van der Waals surface area contributed by atoms with Crippen molar-refractivity contribution >= 4 is 59.3 Å². The Balaban J connectivity index is 1.37. The molecular weight excluding hydrogens is 730 g/mol. The number of phenols is 1. The van der Waals surface area contributed by atoms with E-state index in [4.69, 9.17) is 18.9 Å². The van der Waals surface area contributed by atoms with Crippen molar-refractivity contribution in [3.8, 4) is 17.2 Å². The molecule has 0 unspecified atom stereocenters. The third kappa shape index (κ3) is 6.71. The second-order valence-electron chi connectivity index (χ2n) is 11.9. The predicted octanol–water partition coefficient (Wildman–Crippen LogP) is 5.36. The van der Waals surface area contributed by atoms with Crippen molar-refractivity contribution in [1.29, 1.82) is 0 Å². The molecule has 0 saturated carbocycles. The fraction of sp³-hybridized carbons (Fsp3) is 0.314. The summed E-state index contributed by atoms with van der Waals surface area (Å²) in [6.45, 7) is 0.142. The van der Waals surface area contributed by atoms with E-state index in [0.717, 1.165) is 35.1 Å². The Labute approximate surface area is 291 Å². The number of benzene rings is 2. The van der Waals surface area contributed by atoms with Gasteiger partial charge in [-0.25, -0.2) is 4.79 Å². The molecule has 1 aromatic heterocycles. The molecule has 0 spiro atoms. The second-order valence-corrected chi connectivity index (χ2v) is 13.0. The van der Waals surface area contributed by atoms with Crippen LogP contribution in [0.5, 0.6) is 17.2 Å². The number of rotatable bonds is 9. The number of pyridine rings is 1. The lowest BCUT2D eigenvalue weighted by Gasteiger charge is -2.43. The molecule has 2 saturated heterocycles. The molecule has 2 aliphatic heterocycles. The summed E-state index contributed by atoms with van der Waals surface area (Å²) in [6, 6.07) is 18.5. The van der Waals surface area contributed by atoms with Crippen molar-refractivity contribution in [3.05, 3.63) is 92.8 Å². The molecule has 2 aromatic carbocycles. The molecular formula is C35H34BIN2O9. The molecule has 11 nitrogen and oxygen atoms in total. The van der Waals surface area contributed by atoms with Crippen LogP contribution in [0.2, 0.25) is 6.32 Å². The topological polar surface area (TPSA) is 145 Å². The molecule has 6 rings (SSSR count). The number of aromatic hydroxyl groups is 1. The molecule has 48 heavy (non-hydrogen) atoms. The number of hydrogen-bond acceptors (Lipinski definition) is 10. The largest absolute Gasteiger partial charge is 0.504 e. The van der Waals surface area contributed by atoms with Gasteiger partial charge >= 0.3 is 13.2 Å². The highest BCUT2D eigenvalue weighted by molar-refractivity contribution is 14.1. The van der Waals surface area contributed by atoms with E-state index in [1.807, 2.05) is 60.7 Å². The van der Waals surface area contributed by atoms with Crippen molar-refractivity contribution in [1.82, 2.24) is 9.88 Å². The minimum absolute atomic E-state index is 0.0590. The van der Waals surface area contributed by atoms with E-state index in [2.05, 4.69) is 27.6 Å². The summed E-state index contributed by atoms with van der Waals surface area (Å²) in [5, 5.41) is 21.4. The zero-order valence-electron chi connectivity index (χ0n) is 26.4. The van der Waals surface area contributed by atoms with E-state index in [-0.39, 0.29) is 25.1 Å². The van der Waals surface area contributed by atoms with Gasteiger partial charge in [0.15, 0.2) is 11.5 Å². The monoisotopic (exact) mass is 764 g/mol. The summed E-state index contributed by atoms with van der Waals surface area (Å²) in [5.41, 5.74) is 4.03. The van der Waals surface area contributed by atoms with Gasteiger partial charge in [0.25, 0.3) is 0 Å². The van der Waals surface area contributed by atoms with Crippen molar-refractivity contribution < 1.29 is 43.4 Å². The van der Waals surface area contributed by atoms with Gasteiger partial charge in [-0.1, -0.05) is 24.3 Å². The van der Waals surface area contributed by atoms with Gasteiger partial charge in [-0.15, -0.1) is 0 Å². The average Bonchev–Trinajstić information content (AvgIpc) is 3.35. The van der Waals surface area contributed by atoms with Gasteiger partial charge in [0, 0.05) is 6.20 Å². The quantitative estimate of drug-likeness (QED) is 0.127. The van der Waals surface area contributed by atoms with E-state index in [1.54, 1.807) is 12.3 Å². The zero-order valence-corrected chi connectivity index (χ0v) is 28.5. The number of fused-ring (bicyclic) bond motifs is 3. The molecule has 1 aliphatic carbocycles. The van der Waals surface area contributed by atoms with Crippen molar-refractivity contribution in [2.24, 2.45) is 17.8 Å². The number of halogens is 1. The maximum atomic E-state index is 13.6. The first-order valence-corrected chi connectivity index (χ1v) is 16.6. The van der Waals surface area contributed by atoms with Crippen LogP contribution in [0.25, 0.3) is 11.6 Å². The summed E-state index contributed by atoms with van der Waals surface area (Å²) < 4.78 is 23.1. The first-order valence-electron chi connectivity index (χ1n) is 15.6. The van der Waals surface area contributed by atoms with Crippen LogP contribution in [0.3, 0.4) is 0 Å². The fourth-order valence-corrected chi connectivity index (χ4v) is 7.63. The molecule has 3 amide bonds. The van der Waals surface area contributed by atoms with Gasteiger partial charge in [0.05, 0.1) is 41.4 Å². The van der Waals surface area contributed by atoms with Crippen molar-refractivity contribution in [2.45, 2.75) is 31.7 Å². The average molecular weight is 764 g/mol. The first kappa shape index (κ1) is 33.7. The van der Waals surface area contributed by atoms with E-state index in [1.165, 1.54) is 7.11 Å². The number of phenolic OH excluding ortho intramolecular Hbond substituents is 1. The number of ether oxygens (including phenoxy) is 3. The number of nitrogens with zero attached hydrogens (tertiary/aromatic N) is 2. The number of aromatic nitrogens is 1. The third-order valence-electron chi connectivity index (χ3n) is 9.10. The molecule has 248 valence electrons. The summed E-state index contributed by atoms with van der Waals surface area (Å²) in [6.07, 6.45) is 3.21. The van der Waals surface area contributed by atoms with Crippen LogP contribution in [0, 0.1) is 21.3 Å². The lowest BCUT2D eigenvalue weighted by atomic mass is 9.58. The molecule has 3 aromatic rings. The third-order valence-corrected chi connectivity index (χ3v) is 9.93. The normalized spacial score (nSPS) is 22.4. The number of hydrogen-bond donors (Lipinski definition) is 2. The molecule has 0 radical (unpaired) electrons. The van der Waals surface area contributed by atoms with Gasteiger partial charge in [0.2, 0.25) is 11.8 Å². The van der Waals surface area contributed by atoms with Gasteiger partial charge in [-0.05, 0) is 119 Å². The number of methoxy groups -OCH3 is 2.